The average Bonchev–Trinajstić information content (AvgIpc) is 4.20. The first-order valence-electron chi connectivity index (χ1n) is 26.5. The number of hydrogen-bond donors (Lipinski definition) is 14. The van der Waals surface area contributed by atoms with Gasteiger partial charge in [-0.05, 0) is 68.4 Å². The monoisotopic (exact) mass is 1140 g/mol. The highest BCUT2D eigenvalue weighted by Crippen LogP contribution is 2.48. The third-order valence-corrected chi connectivity index (χ3v) is 17.6. The second-order valence-corrected chi connectivity index (χ2v) is 23.0. The van der Waals surface area contributed by atoms with Gasteiger partial charge < -0.3 is 81.5 Å². The maximum absolute atomic E-state index is 15.0. The molecule has 79 heavy (non-hydrogen) atoms. The molecule has 11 amide bonds. The van der Waals surface area contributed by atoms with Crippen LogP contribution < -0.4 is 71.6 Å². The van der Waals surface area contributed by atoms with Crippen molar-refractivity contribution in [2.45, 2.75) is 157 Å². The van der Waals surface area contributed by atoms with E-state index in [0.717, 1.165) is 28.1 Å². The van der Waals surface area contributed by atoms with Crippen LogP contribution in [-0.4, -0.2) is 159 Å². The number of fused-ring (bicyclic) bond motifs is 1. The van der Waals surface area contributed by atoms with Gasteiger partial charge in [-0.3, -0.25) is 57.7 Å². The van der Waals surface area contributed by atoms with Crippen LogP contribution in [0.3, 0.4) is 0 Å². The summed E-state index contributed by atoms with van der Waals surface area (Å²) in [6.07, 6.45) is 2.41. The summed E-state index contributed by atoms with van der Waals surface area (Å²) in [7, 11) is 2.34. The Morgan fingerprint density at radius 1 is 0.810 bits per heavy atom. The zero-order valence-corrected chi connectivity index (χ0v) is 46.1. The zero-order chi connectivity index (χ0) is 58.0. The highest BCUT2D eigenvalue weighted by atomic mass is 33.1. The lowest BCUT2D eigenvalue weighted by molar-refractivity contribution is -0.142. The molecule has 434 valence electrons. The molecular formula is C50H76N16O11S2. The summed E-state index contributed by atoms with van der Waals surface area (Å²) < 4.78 is -0.990. The Morgan fingerprint density at radius 2 is 1.48 bits per heavy atom. The Bertz CT molecular complexity index is 2560. The summed E-state index contributed by atoms with van der Waals surface area (Å²) in [4.78, 5) is 159. The minimum atomic E-state index is -1.77. The molecule has 1 aliphatic carbocycles. The molecule has 1 saturated carbocycles. The second kappa shape index (κ2) is 29.7. The molecule has 3 fully saturated rings. The normalized spacial score (nSPS) is 24.3. The third-order valence-electron chi connectivity index (χ3n) is 14.3. The number of hydrogen-bond acceptors (Lipinski definition) is 15. The number of carbonyl (C=O) groups is 11. The van der Waals surface area contributed by atoms with Crippen molar-refractivity contribution in [3.63, 3.8) is 0 Å². The van der Waals surface area contributed by atoms with Crippen molar-refractivity contribution in [3.05, 3.63) is 36.0 Å². The smallest absolute Gasteiger partial charge is 0.246 e. The Labute approximate surface area is 465 Å². The van der Waals surface area contributed by atoms with Gasteiger partial charge in [-0.1, -0.05) is 79.3 Å². The number of nitrogens with one attached hydrogen (secondary N) is 8. The maximum atomic E-state index is 15.0. The van der Waals surface area contributed by atoms with Crippen molar-refractivity contribution in [1.29, 1.82) is 0 Å². The Morgan fingerprint density at radius 3 is 2.14 bits per heavy atom. The maximum Gasteiger partial charge on any atom is 0.246 e. The second-order valence-electron chi connectivity index (χ2n) is 20.2. The van der Waals surface area contributed by atoms with Crippen molar-refractivity contribution in [2.75, 3.05) is 25.4 Å². The van der Waals surface area contributed by atoms with Gasteiger partial charge >= 0.3 is 0 Å². The van der Waals surface area contributed by atoms with Crippen molar-refractivity contribution in [2.24, 2.45) is 45.3 Å². The number of carbonyl (C=O) groups excluding carboxylic acids is 11. The Hall–Kier alpha value is -7.14. The summed E-state index contributed by atoms with van der Waals surface area (Å²) in [5.41, 5.74) is 35.6. The first kappa shape index (κ1) is 62.7. The van der Waals surface area contributed by atoms with Gasteiger partial charge in [0.1, 0.15) is 42.3 Å². The molecule has 5 rings (SSSR count). The van der Waals surface area contributed by atoms with E-state index in [2.05, 4.69) is 47.2 Å². The van der Waals surface area contributed by atoms with Crippen LogP contribution in [0.1, 0.15) is 103 Å². The fourth-order valence-electron chi connectivity index (χ4n) is 9.73. The molecule has 3 heterocycles. The van der Waals surface area contributed by atoms with E-state index in [9.17, 15) is 52.7 Å². The van der Waals surface area contributed by atoms with Crippen LogP contribution in [-0.2, 0) is 59.2 Å². The molecule has 27 nitrogen and oxygen atoms in total. The molecule has 0 radical (unpaired) electrons. The topological polar surface area (TPSA) is 459 Å². The third kappa shape index (κ3) is 18.2. The quantitative estimate of drug-likeness (QED) is 0.0286. The van der Waals surface area contributed by atoms with E-state index in [1.54, 1.807) is 13.8 Å². The van der Waals surface area contributed by atoms with Crippen LogP contribution in [0.2, 0.25) is 0 Å². The van der Waals surface area contributed by atoms with Gasteiger partial charge in [0, 0.05) is 42.9 Å². The number of rotatable bonds is 19. The van der Waals surface area contributed by atoms with Gasteiger partial charge in [0.25, 0.3) is 0 Å². The molecule has 0 bridgehead atoms. The van der Waals surface area contributed by atoms with E-state index in [1.807, 2.05) is 30.3 Å². The van der Waals surface area contributed by atoms with Gasteiger partial charge in [-0.2, -0.15) is 0 Å². The summed E-state index contributed by atoms with van der Waals surface area (Å²) >= 11 is 0. The lowest BCUT2D eigenvalue weighted by Gasteiger charge is -2.40. The molecule has 1 aromatic carbocycles. The lowest BCUT2D eigenvalue weighted by atomic mass is 9.82. The average molecular weight is 1140 g/mol. The number of amides is 11. The molecule has 0 unspecified atom stereocenters. The summed E-state index contributed by atoms with van der Waals surface area (Å²) in [6, 6.07) is -1.88. The molecule has 2 aliphatic heterocycles. The molecule has 3 aliphatic rings. The molecule has 29 heteroatoms. The largest absolute Gasteiger partial charge is 0.370 e. The van der Waals surface area contributed by atoms with Gasteiger partial charge in [-0.15, -0.1) is 0 Å². The predicted molar refractivity (Wildman–Crippen MR) is 296 cm³/mol. The van der Waals surface area contributed by atoms with E-state index in [4.69, 9.17) is 34.4 Å². The van der Waals surface area contributed by atoms with Crippen LogP contribution in [0.15, 0.2) is 35.3 Å². The SMILES string of the molecule is CC[C@H](C)[C@@H]1NC(=O)[C@@H](Cc2cc3ccccc3[nH]2)NC(=O)[C@@H](N)C2(CCCCC2)SSC[C@@H](C(=O)N2CCC[C@H]2C(=O)N[C@H](CCCN=C(N)N)C(=O)NCC(N)=O)NC(=O)[C@H](CC(N)=O)NC(=O)[C@@H](CCC(N)=O)NC1=O. The van der Waals surface area contributed by atoms with Gasteiger partial charge in [0.15, 0.2) is 5.96 Å². The fourth-order valence-corrected chi connectivity index (χ4v) is 13.2. The van der Waals surface area contributed by atoms with Crippen molar-refractivity contribution in [3.8, 4) is 0 Å². The number of nitrogens with two attached hydrogens (primary N) is 6. The van der Waals surface area contributed by atoms with E-state index < -0.39 is 150 Å². The fraction of sp³-hybridized carbons (Fsp3) is 0.600. The van der Waals surface area contributed by atoms with Crippen LogP contribution in [0.5, 0.6) is 0 Å². The number of H-pyrrole nitrogens is 1. The molecule has 20 N–H and O–H groups in total. The number of para-hydroxylation sites is 1. The van der Waals surface area contributed by atoms with Crippen molar-refractivity contribution < 1.29 is 52.7 Å². The lowest BCUT2D eigenvalue weighted by Crippen LogP contribution is -2.62. The summed E-state index contributed by atoms with van der Waals surface area (Å²) in [5, 5.41) is 19.3. The molecule has 2 aromatic rings. The van der Waals surface area contributed by atoms with Crippen LogP contribution in [0.25, 0.3) is 10.9 Å². The standard InChI is InChI=1S/C50H76N16O11S2/c1-3-26(2)39-46(75)61-31(15-16-36(51)67)42(71)62-33(23-37(52)68)43(72)64-34(48(77)66-20-10-14-35(66)45(74)60-30(13-9-19-57-49(55)56)41(70)58-24-38(53)69)25-78-79-50(17-7-4-8-18-50)40(54)47(76)63-32(44(73)65-39)22-28-21-27-11-5-6-12-29(27)59-28/h5-6,11-12,21,26,30-35,39-40,59H,3-4,7-10,13-20,22-25,54H2,1-2H3,(H2,51,67)(H2,52,68)(H2,53,69)(H,58,70)(H,60,74)(H,61,75)(H,62,71)(H,63,76)(H,64,72)(H,65,73)(H4,55,56,57)/t26-,30+,31+,32+,33-,34-,35-,39-,40+/m0/s1. The van der Waals surface area contributed by atoms with Crippen LogP contribution >= 0.6 is 21.6 Å². The highest BCUT2D eigenvalue weighted by Gasteiger charge is 2.46. The summed E-state index contributed by atoms with van der Waals surface area (Å²) in [6.45, 7) is 3.06. The highest BCUT2D eigenvalue weighted by molar-refractivity contribution is 8.77. The van der Waals surface area contributed by atoms with Gasteiger partial charge in [0.2, 0.25) is 65.0 Å². The molecule has 1 aromatic heterocycles. The number of aliphatic imine (C=N–C) groups is 1. The number of aromatic nitrogens is 1. The van der Waals surface area contributed by atoms with E-state index >= 15 is 0 Å². The molecule has 1 spiro atoms. The molecule has 9 atom stereocenters. The Kier molecular flexibility index (Phi) is 23.6. The van der Waals surface area contributed by atoms with E-state index in [0.29, 0.717) is 44.2 Å². The van der Waals surface area contributed by atoms with Crippen molar-refractivity contribution in [1.82, 2.24) is 47.1 Å². The van der Waals surface area contributed by atoms with Crippen LogP contribution in [0.4, 0.5) is 0 Å². The van der Waals surface area contributed by atoms with Crippen molar-refractivity contribution >= 4 is 103 Å². The number of guanidine groups is 1. The van der Waals surface area contributed by atoms with Crippen LogP contribution in [0, 0.1) is 5.92 Å². The minimum Gasteiger partial charge on any atom is -0.370 e. The number of primary amides is 3. The first-order valence-corrected chi connectivity index (χ1v) is 28.8. The summed E-state index contributed by atoms with van der Waals surface area (Å²) in [5.74, 6) is -10.3. The van der Waals surface area contributed by atoms with Gasteiger partial charge in [-0.25, -0.2) is 0 Å². The van der Waals surface area contributed by atoms with E-state index in [1.165, 1.54) is 15.7 Å². The first-order chi connectivity index (χ1) is 37.5. The number of likely N-dealkylation sites (tertiary alicyclic amines) is 1. The zero-order valence-electron chi connectivity index (χ0n) is 44.5. The van der Waals surface area contributed by atoms with Gasteiger partial charge in [0.05, 0.1) is 23.8 Å². The number of nitrogens with zero attached hydrogens (tertiary/aromatic N) is 2. The predicted octanol–water partition coefficient (Wildman–Crippen LogP) is -3.12. The minimum absolute atomic E-state index is 0.0126. The van der Waals surface area contributed by atoms with E-state index in [-0.39, 0.29) is 50.5 Å². The molecule has 2 saturated heterocycles. The number of benzene rings is 1. The number of aromatic amines is 1. The Balaban J connectivity index is 1.54. The molecular weight excluding hydrogens is 1060 g/mol.